The first-order valence-electron chi connectivity index (χ1n) is 6.80. The zero-order chi connectivity index (χ0) is 14.2. The molecule has 5 heteroatoms. The largest absolute Gasteiger partial charge is 0.296 e. The summed E-state index contributed by atoms with van der Waals surface area (Å²) in [6.45, 7) is 6.09. The highest BCUT2D eigenvalue weighted by Crippen LogP contribution is 2.37. The van der Waals surface area contributed by atoms with E-state index in [2.05, 4.69) is 10.4 Å². The molecule has 1 aliphatic rings. The van der Waals surface area contributed by atoms with Crippen LogP contribution in [-0.2, 0) is 23.1 Å². The van der Waals surface area contributed by atoms with Crippen LogP contribution in [0.3, 0.4) is 0 Å². The number of rotatable bonds is 3. The lowest BCUT2D eigenvalue weighted by Crippen LogP contribution is -2.46. The van der Waals surface area contributed by atoms with Gasteiger partial charge in [0.25, 0.3) is 0 Å². The summed E-state index contributed by atoms with van der Waals surface area (Å²) in [4.78, 5) is 23.7. The molecule has 2 heterocycles. The number of aromatic nitrogens is 2. The molecule has 1 aromatic heterocycles. The van der Waals surface area contributed by atoms with Crippen molar-refractivity contribution in [3.8, 4) is 0 Å². The molecule has 1 saturated heterocycles. The SMILES string of the molecule is CCc1nn(C)cc1C1CC(=O)NC(=O)C1C(C)C. The van der Waals surface area contributed by atoms with Crippen LogP contribution >= 0.6 is 0 Å². The summed E-state index contributed by atoms with van der Waals surface area (Å²) in [5, 5.41) is 6.87. The molecule has 0 aromatic carbocycles. The van der Waals surface area contributed by atoms with Gasteiger partial charge in [0.1, 0.15) is 0 Å². The minimum atomic E-state index is -0.183. The Kier molecular flexibility index (Phi) is 3.73. The molecule has 0 radical (unpaired) electrons. The van der Waals surface area contributed by atoms with E-state index in [1.165, 1.54) is 0 Å². The third kappa shape index (κ3) is 2.55. The van der Waals surface area contributed by atoms with Gasteiger partial charge in [0.2, 0.25) is 11.8 Å². The predicted molar refractivity (Wildman–Crippen MR) is 71.4 cm³/mol. The van der Waals surface area contributed by atoms with Gasteiger partial charge in [-0.05, 0) is 17.9 Å². The van der Waals surface area contributed by atoms with Crippen molar-refractivity contribution in [1.29, 1.82) is 0 Å². The van der Waals surface area contributed by atoms with Crippen LogP contribution < -0.4 is 5.32 Å². The number of aryl methyl sites for hydroxylation is 2. The number of hydrogen-bond acceptors (Lipinski definition) is 3. The minimum Gasteiger partial charge on any atom is -0.296 e. The zero-order valence-electron chi connectivity index (χ0n) is 11.9. The van der Waals surface area contributed by atoms with Gasteiger partial charge in [-0.3, -0.25) is 19.6 Å². The van der Waals surface area contributed by atoms with Crippen molar-refractivity contribution < 1.29 is 9.59 Å². The number of amides is 2. The van der Waals surface area contributed by atoms with E-state index in [9.17, 15) is 9.59 Å². The first kappa shape index (κ1) is 13.8. The number of nitrogens with zero attached hydrogens (tertiary/aromatic N) is 2. The lowest BCUT2D eigenvalue weighted by Gasteiger charge is -2.32. The van der Waals surface area contributed by atoms with Crippen molar-refractivity contribution in [1.82, 2.24) is 15.1 Å². The molecule has 0 bridgehead atoms. The molecule has 5 nitrogen and oxygen atoms in total. The van der Waals surface area contributed by atoms with Crippen molar-refractivity contribution in [3.05, 3.63) is 17.5 Å². The summed E-state index contributed by atoms with van der Waals surface area (Å²) >= 11 is 0. The summed E-state index contributed by atoms with van der Waals surface area (Å²) in [7, 11) is 1.87. The van der Waals surface area contributed by atoms with E-state index in [1.54, 1.807) is 4.68 Å². The third-order valence-corrected chi connectivity index (χ3v) is 3.79. The molecule has 1 aliphatic heterocycles. The van der Waals surface area contributed by atoms with Crippen LogP contribution in [0.4, 0.5) is 0 Å². The smallest absolute Gasteiger partial charge is 0.230 e. The average molecular weight is 263 g/mol. The van der Waals surface area contributed by atoms with Gasteiger partial charge in [0.15, 0.2) is 0 Å². The van der Waals surface area contributed by atoms with Crippen molar-refractivity contribution in [2.75, 3.05) is 0 Å². The molecule has 1 aromatic rings. The summed E-state index contributed by atoms with van der Waals surface area (Å²) in [5.74, 6) is -0.347. The number of carbonyl (C=O) groups excluding carboxylic acids is 2. The zero-order valence-corrected chi connectivity index (χ0v) is 11.9. The Bertz CT molecular complexity index is 505. The summed E-state index contributed by atoms with van der Waals surface area (Å²) in [5.41, 5.74) is 2.03. The predicted octanol–water partition coefficient (Wildman–Crippen LogP) is 1.38. The van der Waals surface area contributed by atoms with Crippen LogP contribution in [-0.4, -0.2) is 21.6 Å². The highest BCUT2D eigenvalue weighted by Gasteiger charge is 2.40. The number of hydrogen-bond donors (Lipinski definition) is 1. The first-order valence-corrected chi connectivity index (χ1v) is 6.80. The van der Waals surface area contributed by atoms with E-state index in [-0.39, 0.29) is 29.6 Å². The van der Waals surface area contributed by atoms with Crippen LogP contribution in [0.5, 0.6) is 0 Å². The van der Waals surface area contributed by atoms with E-state index in [0.29, 0.717) is 6.42 Å². The van der Waals surface area contributed by atoms with Gasteiger partial charge < -0.3 is 0 Å². The fourth-order valence-corrected chi connectivity index (χ4v) is 2.99. The molecule has 1 N–H and O–H groups in total. The van der Waals surface area contributed by atoms with Gasteiger partial charge in [-0.1, -0.05) is 20.8 Å². The molecule has 19 heavy (non-hydrogen) atoms. The Labute approximate surface area is 113 Å². The average Bonchev–Trinajstić information content (AvgIpc) is 2.68. The molecule has 0 aliphatic carbocycles. The van der Waals surface area contributed by atoms with E-state index in [1.807, 2.05) is 34.0 Å². The van der Waals surface area contributed by atoms with E-state index >= 15 is 0 Å². The summed E-state index contributed by atoms with van der Waals surface area (Å²) < 4.78 is 1.77. The van der Waals surface area contributed by atoms with Crippen LogP contribution in [0.2, 0.25) is 0 Å². The Balaban J connectivity index is 2.43. The maximum Gasteiger partial charge on any atom is 0.230 e. The lowest BCUT2D eigenvalue weighted by molar-refractivity contribution is -0.138. The van der Waals surface area contributed by atoms with Crippen LogP contribution in [0, 0.1) is 11.8 Å². The highest BCUT2D eigenvalue weighted by molar-refractivity contribution is 6.00. The van der Waals surface area contributed by atoms with Crippen LogP contribution in [0.25, 0.3) is 0 Å². The first-order chi connectivity index (χ1) is 8.93. The number of piperidine rings is 1. The fraction of sp³-hybridized carbons (Fsp3) is 0.643. The second kappa shape index (κ2) is 5.15. The highest BCUT2D eigenvalue weighted by atomic mass is 16.2. The quantitative estimate of drug-likeness (QED) is 0.838. The van der Waals surface area contributed by atoms with Gasteiger partial charge >= 0.3 is 0 Å². The molecule has 2 unspecified atom stereocenters. The Morgan fingerprint density at radius 2 is 2.16 bits per heavy atom. The standard InChI is InChI=1S/C14H21N3O2/c1-5-11-10(7-17(4)16-11)9-6-12(18)15-14(19)13(9)8(2)3/h7-9,13H,5-6H2,1-4H3,(H,15,18,19). The fourth-order valence-electron chi connectivity index (χ4n) is 2.99. The number of carbonyl (C=O) groups is 2. The topological polar surface area (TPSA) is 64.0 Å². The maximum atomic E-state index is 12.1. The maximum absolute atomic E-state index is 12.1. The van der Waals surface area contributed by atoms with Crippen LogP contribution in [0.1, 0.15) is 44.4 Å². The molecule has 0 saturated carbocycles. The van der Waals surface area contributed by atoms with Crippen LogP contribution in [0.15, 0.2) is 6.20 Å². The summed E-state index contributed by atoms with van der Waals surface area (Å²) in [6, 6.07) is 0. The second-order valence-corrected chi connectivity index (χ2v) is 5.55. The molecular weight excluding hydrogens is 242 g/mol. The third-order valence-electron chi connectivity index (χ3n) is 3.79. The van der Waals surface area contributed by atoms with Crippen molar-refractivity contribution in [3.63, 3.8) is 0 Å². The molecule has 2 atom stereocenters. The van der Waals surface area contributed by atoms with Gasteiger partial charge in [-0.2, -0.15) is 5.10 Å². The van der Waals surface area contributed by atoms with Gasteiger partial charge in [-0.25, -0.2) is 0 Å². The van der Waals surface area contributed by atoms with Crippen molar-refractivity contribution in [2.24, 2.45) is 18.9 Å². The van der Waals surface area contributed by atoms with Gasteiger partial charge in [0.05, 0.1) is 5.69 Å². The Morgan fingerprint density at radius 1 is 1.47 bits per heavy atom. The molecule has 104 valence electrons. The summed E-state index contributed by atoms with van der Waals surface area (Å²) in [6.07, 6.45) is 3.13. The van der Waals surface area contributed by atoms with E-state index in [4.69, 9.17) is 0 Å². The second-order valence-electron chi connectivity index (χ2n) is 5.55. The molecule has 1 fully saturated rings. The van der Waals surface area contributed by atoms with Crippen molar-refractivity contribution in [2.45, 2.75) is 39.5 Å². The van der Waals surface area contributed by atoms with E-state index in [0.717, 1.165) is 17.7 Å². The Hall–Kier alpha value is -1.65. The Morgan fingerprint density at radius 3 is 2.74 bits per heavy atom. The van der Waals surface area contributed by atoms with Crippen molar-refractivity contribution >= 4 is 11.8 Å². The molecule has 2 rings (SSSR count). The lowest BCUT2D eigenvalue weighted by atomic mass is 9.74. The number of imide groups is 1. The molecule has 0 spiro atoms. The normalized spacial score (nSPS) is 23.8. The number of nitrogens with one attached hydrogen (secondary N) is 1. The molecular formula is C14H21N3O2. The monoisotopic (exact) mass is 263 g/mol. The van der Waals surface area contributed by atoms with Gasteiger partial charge in [0, 0.05) is 31.5 Å². The minimum absolute atomic E-state index is 0.0510. The van der Waals surface area contributed by atoms with E-state index < -0.39 is 0 Å². The molecule has 2 amide bonds. The van der Waals surface area contributed by atoms with Gasteiger partial charge in [-0.15, -0.1) is 0 Å².